The van der Waals surface area contributed by atoms with Crippen molar-refractivity contribution in [2.75, 3.05) is 6.54 Å². The van der Waals surface area contributed by atoms with Gasteiger partial charge in [0.15, 0.2) is 11.6 Å². The number of nitrogens with two attached hydrogens (primary N) is 1. The van der Waals surface area contributed by atoms with Gasteiger partial charge in [0.2, 0.25) is 11.7 Å². The molecule has 1 unspecified atom stereocenters. The van der Waals surface area contributed by atoms with Crippen molar-refractivity contribution < 1.29 is 31.1 Å². The fraction of sp³-hybridized carbons (Fsp3) is 0.412. The van der Waals surface area contributed by atoms with Crippen molar-refractivity contribution in [1.29, 1.82) is 0 Å². The smallest absolute Gasteiger partial charge is 0.335 e. The van der Waals surface area contributed by atoms with E-state index in [1.165, 1.54) is 4.90 Å². The molecule has 30 heavy (non-hydrogen) atoms. The second-order valence-electron chi connectivity index (χ2n) is 6.66. The maximum atomic E-state index is 13.7. The minimum absolute atomic E-state index is 0. The number of fused-ring (bicyclic) bond motifs is 1. The van der Waals surface area contributed by atoms with Crippen LogP contribution in [0.25, 0.3) is 0 Å². The summed E-state index contributed by atoms with van der Waals surface area (Å²) in [6, 6.07) is 0.202. The number of rotatable bonds is 4. The Morgan fingerprint density at radius 2 is 1.80 bits per heavy atom. The number of hydrogen-bond acceptors (Lipinski definition) is 3. The van der Waals surface area contributed by atoms with Gasteiger partial charge < -0.3 is 15.2 Å². The van der Waals surface area contributed by atoms with Crippen LogP contribution in [-0.4, -0.2) is 32.9 Å². The molecule has 0 bridgehead atoms. The Hall–Kier alpha value is -1.79. The summed E-state index contributed by atoms with van der Waals surface area (Å²) in [6.07, 6.45) is -5.07. The highest BCUT2D eigenvalue weighted by molar-refractivity contribution is 9.10. The third-order valence-electron chi connectivity index (χ3n) is 4.57. The molecule has 0 aliphatic carbocycles. The van der Waals surface area contributed by atoms with E-state index in [0.29, 0.717) is 12.1 Å². The zero-order valence-electron chi connectivity index (χ0n) is 15.1. The molecule has 1 aromatic carbocycles. The monoisotopic (exact) mass is 520 g/mol. The third kappa shape index (κ3) is 5.09. The van der Waals surface area contributed by atoms with E-state index in [9.17, 15) is 31.1 Å². The molecule has 0 saturated carbocycles. The Bertz CT molecular complexity index is 951. The quantitative estimate of drug-likeness (QED) is 0.492. The number of carbonyl (C=O) groups excluding carboxylic acids is 1. The first kappa shape index (κ1) is 24.5. The lowest BCUT2D eigenvalue weighted by atomic mass is 10.0. The molecular weight excluding hydrogens is 506 g/mol. The Labute approximate surface area is 181 Å². The van der Waals surface area contributed by atoms with Crippen molar-refractivity contribution in [3.63, 3.8) is 0 Å². The number of halogens is 8. The third-order valence-corrected chi connectivity index (χ3v) is 5.21. The van der Waals surface area contributed by atoms with E-state index in [1.54, 1.807) is 0 Å². The normalized spacial score (nSPS) is 14.9. The highest BCUT2D eigenvalue weighted by atomic mass is 79.9. The number of benzene rings is 1. The van der Waals surface area contributed by atoms with Crippen molar-refractivity contribution in [1.82, 2.24) is 14.5 Å². The van der Waals surface area contributed by atoms with Gasteiger partial charge in [0, 0.05) is 31.6 Å². The van der Waals surface area contributed by atoms with Gasteiger partial charge in [0.1, 0.15) is 10.4 Å². The fourth-order valence-electron chi connectivity index (χ4n) is 3.19. The van der Waals surface area contributed by atoms with Crippen LogP contribution in [0.2, 0.25) is 0 Å². The van der Waals surface area contributed by atoms with Gasteiger partial charge in [-0.15, -0.1) is 12.4 Å². The van der Waals surface area contributed by atoms with Crippen LogP contribution in [0.15, 0.2) is 16.7 Å². The molecule has 1 amide bonds. The number of hydrogen-bond donors (Lipinski definition) is 1. The molecule has 0 radical (unpaired) electrons. The van der Waals surface area contributed by atoms with E-state index in [2.05, 4.69) is 20.9 Å². The Morgan fingerprint density at radius 3 is 2.43 bits per heavy atom. The first-order valence-electron chi connectivity index (χ1n) is 8.46. The van der Waals surface area contributed by atoms with Crippen LogP contribution in [0.4, 0.5) is 26.3 Å². The number of amides is 1. The molecule has 1 aliphatic heterocycles. The molecule has 5 nitrogen and oxygen atoms in total. The van der Waals surface area contributed by atoms with Gasteiger partial charge in [-0.2, -0.15) is 13.2 Å². The average Bonchev–Trinajstić information content (AvgIpc) is 2.96. The lowest BCUT2D eigenvalue weighted by molar-refractivity contribution is -0.148. The summed E-state index contributed by atoms with van der Waals surface area (Å²) >= 11 is 2.99. The van der Waals surface area contributed by atoms with E-state index in [1.807, 2.05) is 0 Å². The zero-order valence-corrected chi connectivity index (χ0v) is 17.6. The Morgan fingerprint density at radius 1 is 1.17 bits per heavy atom. The van der Waals surface area contributed by atoms with E-state index < -0.39 is 41.4 Å². The van der Waals surface area contributed by atoms with Crippen molar-refractivity contribution in [3.8, 4) is 0 Å². The van der Waals surface area contributed by atoms with Gasteiger partial charge >= 0.3 is 6.18 Å². The van der Waals surface area contributed by atoms with E-state index in [-0.39, 0.29) is 60.7 Å². The average molecular weight is 522 g/mol. The summed E-state index contributed by atoms with van der Waals surface area (Å²) in [7, 11) is 0. The summed E-state index contributed by atoms with van der Waals surface area (Å²) in [5.74, 6) is -5.03. The molecule has 0 fully saturated rings. The van der Waals surface area contributed by atoms with Crippen LogP contribution in [0.1, 0.15) is 23.5 Å². The lowest BCUT2D eigenvalue weighted by Gasteiger charge is -2.30. The number of carbonyl (C=O) groups is 1. The standard InChI is InChI=1S/C17H15BrF6N4O.ClH/c18-15-13-7-27(1-2-28(13)16(26-15)17(22,23)24)14(29)5-9(25)3-8-4-11(20)12(21)6-10(8)19;/h4,6,9H,1-3,5,7,25H2;1H. The molecule has 1 atom stereocenters. The zero-order chi connectivity index (χ0) is 21.5. The van der Waals surface area contributed by atoms with Crippen LogP contribution >= 0.6 is 28.3 Å². The molecule has 0 spiro atoms. The van der Waals surface area contributed by atoms with Crippen LogP contribution in [-0.2, 0) is 30.5 Å². The molecule has 0 saturated heterocycles. The van der Waals surface area contributed by atoms with Gasteiger partial charge in [-0.05, 0) is 34.0 Å². The largest absolute Gasteiger partial charge is 0.449 e. The molecule has 3 rings (SSSR count). The number of alkyl halides is 3. The lowest BCUT2D eigenvalue weighted by Crippen LogP contribution is -2.41. The van der Waals surface area contributed by atoms with Gasteiger partial charge in [-0.25, -0.2) is 18.2 Å². The van der Waals surface area contributed by atoms with Crippen molar-refractivity contribution in [2.24, 2.45) is 5.73 Å². The highest BCUT2D eigenvalue weighted by Gasteiger charge is 2.40. The summed E-state index contributed by atoms with van der Waals surface area (Å²) in [5, 5.41) is 0. The van der Waals surface area contributed by atoms with Gasteiger partial charge in [-0.1, -0.05) is 0 Å². The Kier molecular flexibility index (Phi) is 7.46. The predicted octanol–water partition coefficient (Wildman–Crippen LogP) is 3.81. The number of aromatic nitrogens is 2. The van der Waals surface area contributed by atoms with Crippen molar-refractivity contribution >= 4 is 34.2 Å². The van der Waals surface area contributed by atoms with E-state index in [4.69, 9.17) is 5.73 Å². The van der Waals surface area contributed by atoms with Crippen LogP contribution in [0.3, 0.4) is 0 Å². The Balaban J connectivity index is 0.00000320. The second kappa shape index (κ2) is 9.15. The first-order valence-corrected chi connectivity index (χ1v) is 9.25. The molecule has 2 N–H and O–H groups in total. The predicted molar refractivity (Wildman–Crippen MR) is 100 cm³/mol. The summed E-state index contributed by atoms with van der Waals surface area (Å²) < 4.78 is 80.1. The topological polar surface area (TPSA) is 64.2 Å². The van der Waals surface area contributed by atoms with Crippen LogP contribution in [0.5, 0.6) is 0 Å². The molecule has 13 heteroatoms. The summed E-state index contributed by atoms with van der Waals surface area (Å²) in [5.41, 5.74) is 5.89. The maximum Gasteiger partial charge on any atom is 0.449 e. The SMILES string of the molecule is Cl.NC(CC(=O)N1CCn2c(C(F)(F)F)nc(Br)c2C1)Cc1cc(F)c(F)cc1F. The minimum Gasteiger partial charge on any atom is -0.335 e. The molecule has 2 aromatic rings. The molecule has 1 aromatic heterocycles. The van der Waals surface area contributed by atoms with Crippen LogP contribution in [0, 0.1) is 17.5 Å². The maximum absolute atomic E-state index is 13.7. The number of imidazole rings is 1. The van der Waals surface area contributed by atoms with Crippen LogP contribution < -0.4 is 5.73 Å². The minimum atomic E-state index is -4.62. The van der Waals surface area contributed by atoms with Gasteiger partial charge in [0.05, 0.1) is 12.2 Å². The van der Waals surface area contributed by atoms with Crippen molar-refractivity contribution in [3.05, 3.63) is 51.3 Å². The molecule has 1 aliphatic rings. The highest BCUT2D eigenvalue weighted by Crippen LogP contribution is 2.34. The molecule has 2 heterocycles. The van der Waals surface area contributed by atoms with Gasteiger partial charge in [0.25, 0.3) is 0 Å². The number of nitrogens with zero attached hydrogens (tertiary/aromatic N) is 3. The fourth-order valence-corrected chi connectivity index (χ4v) is 3.69. The molecular formula is C17H16BrClF6N4O. The summed E-state index contributed by atoms with van der Waals surface area (Å²) in [4.78, 5) is 17.3. The first-order chi connectivity index (χ1) is 13.5. The van der Waals surface area contributed by atoms with Crippen molar-refractivity contribution in [2.45, 2.75) is 38.1 Å². The van der Waals surface area contributed by atoms with E-state index >= 15 is 0 Å². The van der Waals surface area contributed by atoms with E-state index in [0.717, 1.165) is 4.57 Å². The summed E-state index contributed by atoms with van der Waals surface area (Å²) in [6.45, 7) is -0.180. The molecule has 166 valence electrons. The van der Waals surface area contributed by atoms with Gasteiger partial charge in [-0.3, -0.25) is 4.79 Å². The second-order valence-corrected chi connectivity index (χ2v) is 7.41.